The molecule has 0 unspecified atom stereocenters. The third kappa shape index (κ3) is 6.16. The Morgan fingerprint density at radius 1 is 0.636 bits per heavy atom. The normalized spacial score (nSPS) is 9.45. The van der Waals surface area contributed by atoms with Gasteiger partial charge in [0.15, 0.2) is 0 Å². The van der Waals surface area contributed by atoms with Crippen LogP contribution in [0.1, 0.15) is 31.1 Å². The molecule has 0 fully saturated rings. The van der Waals surface area contributed by atoms with E-state index in [-0.39, 0.29) is 16.7 Å². The monoisotopic (exact) mass is 376 g/mol. The van der Waals surface area contributed by atoms with Gasteiger partial charge in [-0.15, -0.1) is 0 Å². The average Bonchev–Trinajstić information content (AvgIpc) is 2.48. The van der Waals surface area contributed by atoms with Gasteiger partial charge in [-0.3, -0.25) is 14.4 Å². The molecular formula is C15H8Cl4O3. The third-order valence-electron chi connectivity index (χ3n) is 2.35. The second kappa shape index (κ2) is 8.91. The fraction of sp³-hybridized carbons (Fsp3) is 0. The summed E-state index contributed by atoms with van der Waals surface area (Å²) in [7, 11) is 0. The summed E-state index contributed by atoms with van der Waals surface area (Å²) in [6.45, 7) is 0. The van der Waals surface area contributed by atoms with Crippen LogP contribution in [0.2, 0.25) is 5.02 Å². The summed E-state index contributed by atoms with van der Waals surface area (Å²) in [6, 6.07) is 13.0. The molecule has 0 saturated heterocycles. The molecule has 2 rings (SSSR count). The topological polar surface area (TPSA) is 51.2 Å². The smallest absolute Gasteiger partial charge is 0.252 e. The highest BCUT2D eigenvalue weighted by atomic mass is 35.5. The van der Waals surface area contributed by atoms with E-state index in [0.717, 1.165) is 5.02 Å². The van der Waals surface area contributed by atoms with Gasteiger partial charge in [-0.25, -0.2) is 0 Å². The zero-order valence-electron chi connectivity index (χ0n) is 10.9. The zero-order valence-corrected chi connectivity index (χ0v) is 13.9. The molecule has 0 heterocycles. The maximum atomic E-state index is 10.9. The molecule has 7 heteroatoms. The highest BCUT2D eigenvalue weighted by Crippen LogP contribution is 2.16. The van der Waals surface area contributed by atoms with E-state index in [1.165, 1.54) is 18.2 Å². The Labute approximate surface area is 146 Å². The summed E-state index contributed by atoms with van der Waals surface area (Å²) in [5, 5.41) is -1.60. The first-order valence-corrected chi connectivity index (χ1v) is 7.27. The highest BCUT2D eigenvalue weighted by Gasteiger charge is 2.12. The van der Waals surface area contributed by atoms with Crippen LogP contribution in [0.5, 0.6) is 0 Å². The first-order chi connectivity index (χ1) is 10.3. The maximum absolute atomic E-state index is 10.9. The van der Waals surface area contributed by atoms with Crippen molar-refractivity contribution in [3.8, 4) is 0 Å². The molecule has 0 aliphatic carbocycles. The molecule has 3 nitrogen and oxygen atoms in total. The van der Waals surface area contributed by atoms with Crippen molar-refractivity contribution < 1.29 is 14.4 Å². The predicted molar refractivity (Wildman–Crippen MR) is 88.4 cm³/mol. The van der Waals surface area contributed by atoms with E-state index in [1.807, 2.05) is 30.3 Å². The van der Waals surface area contributed by atoms with E-state index >= 15 is 0 Å². The van der Waals surface area contributed by atoms with Crippen molar-refractivity contribution in [2.75, 3.05) is 0 Å². The zero-order chi connectivity index (χ0) is 16.7. The molecule has 0 aliphatic heterocycles. The molecule has 0 saturated carbocycles. The Bertz CT molecular complexity index is 620. The fourth-order valence-electron chi connectivity index (χ4n) is 1.38. The third-order valence-corrected chi connectivity index (χ3v) is 3.25. The van der Waals surface area contributed by atoms with Gasteiger partial charge < -0.3 is 0 Å². The number of hydrogen-bond acceptors (Lipinski definition) is 3. The minimum absolute atomic E-state index is 0.00725. The van der Waals surface area contributed by atoms with Crippen molar-refractivity contribution in [2.45, 2.75) is 0 Å². The number of benzene rings is 2. The summed E-state index contributed by atoms with van der Waals surface area (Å²) in [4.78, 5) is 32.6. The van der Waals surface area contributed by atoms with Crippen LogP contribution in [0.15, 0.2) is 48.5 Å². The quantitative estimate of drug-likeness (QED) is 0.693. The second-order valence-electron chi connectivity index (χ2n) is 3.92. The van der Waals surface area contributed by atoms with Gasteiger partial charge in [0.25, 0.3) is 15.7 Å². The first kappa shape index (κ1) is 18.7. The van der Waals surface area contributed by atoms with Crippen molar-refractivity contribution >= 4 is 62.1 Å². The molecule has 0 bridgehead atoms. The minimum atomic E-state index is -0.797. The van der Waals surface area contributed by atoms with E-state index in [0.29, 0.717) is 0 Å². The SMILES string of the molecule is Clc1ccccc1.O=C(Cl)c1cc(C(=O)Cl)cc(C(=O)Cl)c1. The standard InChI is InChI=1S/C9H3Cl3O3.C6H5Cl/c10-7(13)4-1-5(8(11)14)3-6(2-4)9(12)15;7-6-4-2-1-3-5-6/h1-3H;1-5H. The van der Waals surface area contributed by atoms with E-state index < -0.39 is 15.7 Å². The van der Waals surface area contributed by atoms with Crippen LogP contribution in [0, 0.1) is 0 Å². The second-order valence-corrected chi connectivity index (χ2v) is 5.38. The lowest BCUT2D eigenvalue weighted by Gasteiger charge is -2.00. The summed E-state index contributed by atoms with van der Waals surface area (Å²) >= 11 is 21.2. The van der Waals surface area contributed by atoms with Gasteiger partial charge in [0.2, 0.25) is 0 Å². The van der Waals surface area contributed by atoms with Gasteiger partial charge in [0, 0.05) is 21.7 Å². The predicted octanol–water partition coefficient (Wildman–Crippen LogP) is 5.16. The van der Waals surface area contributed by atoms with Crippen molar-refractivity contribution in [3.05, 3.63) is 70.2 Å². The summed E-state index contributed by atoms with van der Waals surface area (Å²) in [5.41, 5.74) is -0.0218. The molecule has 0 N–H and O–H groups in total. The van der Waals surface area contributed by atoms with Crippen LogP contribution in [0.25, 0.3) is 0 Å². The van der Waals surface area contributed by atoms with Crippen molar-refractivity contribution in [1.82, 2.24) is 0 Å². The number of carbonyl (C=O) groups is 3. The molecule has 0 aliphatic rings. The average molecular weight is 378 g/mol. The van der Waals surface area contributed by atoms with Crippen LogP contribution in [0.4, 0.5) is 0 Å². The summed E-state index contributed by atoms with van der Waals surface area (Å²) in [6.07, 6.45) is 0. The molecule has 0 radical (unpaired) electrons. The van der Waals surface area contributed by atoms with Crippen LogP contribution in [0.3, 0.4) is 0 Å². The fourth-order valence-corrected chi connectivity index (χ4v) is 1.86. The number of carbonyl (C=O) groups excluding carboxylic acids is 3. The van der Waals surface area contributed by atoms with Gasteiger partial charge in [0.1, 0.15) is 0 Å². The maximum Gasteiger partial charge on any atom is 0.252 e. The summed E-state index contributed by atoms with van der Waals surface area (Å²) < 4.78 is 0. The number of rotatable bonds is 3. The molecule has 114 valence electrons. The lowest BCUT2D eigenvalue weighted by atomic mass is 10.1. The van der Waals surface area contributed by atoms with E-state index in [4.69, 9.17) is 46.4 Å². The molecule has 2 aromatic carbocycles. The summed E-state index contributed by atoms with van der Waals surface area (Å²) in [5.74, 6) is 0. The van der Waals surface area contributed by atoms with Crippen LogP contribution >= 0.6 is 46.4 Å². The van der Waals surface area contributed by atoms with Crippen LogP contribution < -0.4 is 0 Å². The Morgan fingerprint density at radius 2 is 0.955 bits per heavy atom. The van der Waals surface area contributed by atoms with Gasteiger partial charge >= 0.3 is 0 Å². The molecular weight excluding hydrogens is 370 g/mol. The molecule has 0 aromatic heterocycles. The Morgan fingerprint density at radius 3 is 1.14 bits per heavy atom. The molecule has 0 atom stereocenters. The molecule has 22 heavy (non-hydrogen) atoms. The van der Waals surface area contributed by atoms with Crippen molar-refractivity contribution in [1.29, 1.82) is 0 Å². The lowest BCUT2D eigenvalue weighted by Crippen LogP contribution is -2.00. The van der Waals surface area contributed by atoms with Gasteiger partial charge in [-0.1, -0.05) is 29.8 Å². The largest absolute Gasteiger partial charge is 0.276 e. The van der Waals surface area contributed by atoms with Crippen LogP contribution in [-0.4, -0.2) is 15.7 Å². The van der Waals surface area contributed by atoms with Gasteiger partial charge in [-0.2, -0.15) is 0 Å². The number of hydrogen-bond donors (Lipinski definition) is 0. The minimum Gasteiger partial charge on any atom is -0.276 e. The molecule has 0 amide bonds. The van der Waals surface area contributed by atoms with E-state index in [1.54, 1.807) is 0 Å². The van der Waals surface area contributed by atoms with E-state index in [9.17, 15) is 14.4 Å². The van der Waals surface area contributed by atoms with Gasteiger partial charge in [-0.05, 0) is 65.1 Å². The molecule has 0 spiro atoms. The van der Waals surface area contributed by atoms with E-state index in [2.05, 4.69) is 0 Å². The lowest BCUT2D eigenvalue weighted by molar-refractivity contribution is 0.108. The Hall–Kier alpha value is -1.39. The Balaban J connectivity index is 0.000000287. The Kier molecular flexibility index (Phi) is 7.56. The van der Waals surface area contributed by atoms with Crippen LogP contribution in [-0.2, 0) is 0 Å². The molecule has 2 aromatic rings. The van der Waals surface area contributed by atoms with Crippen molar-refractivity contribution in [3.63, 3.8) is 0 Å². The highest BCUT2D eigenvalue weighted by molar-refractivity contribution is 6.70. The van der Waals surface area contributed by atoms with Crippen molar-refractivity contribution in [2.24, 2.45) is 0 Å². The first-order valence-electron chi connectivity index (χ1n) is 5.76. The number of halogens is 4. The van der Waals surface area contributed by atoms with Gasteiger partial charge in [0.05, 0.1) is 0 Å².